The topological polar surface area (TPSA) is 82.1 Å². The quantitative estimate of drug-likeness (QED) is 0.500. The Bertz CT molecular complexity index is 959. The van der Waals surface area contributed by atoms with Gasteiger partial charge < -0.3 is 14.2 Å². The number of hydrogen-bond acceptors (Lipinski definition) is 6. The molecule has 0 aromatic heterocycles. The number of halogens is 1. The first-order chi connectivity index (χ1) is 13.3. The zero-order chi connectivity index (χ0) is 20.3. The molecule has 3 rings (SSSR count). The van der Waals surface area contributed by atoms with Crippen molar-refractivity contribution in [1.29, 1.82) is 0 Å². The molecule has 0 spiro atoms. The standard InChI is InChI=1S/C19H20ClNO6S/c1-21(2)28(23,24)16-6-4-15(5-7-16)25-9-10-26-19(22)18-12-13-11-14(20)3-8-17(13)27-18/h3-8,11,18H,9-10,12H2,1-2H3. The Labute approximate surface area is 168 Å². The first-order valence-electron chi connectivity index (χ1n) is 8.54. The number of carbonyl (C=O) groups is 1. The van der Waals surface area contributed by atoms with Gasteiger partial charge in [0.05, 0.1) is 4.90 Å². The van der Waals surface area contributed by atoms with Crippen molar-refractivity contribution in [3.8, 4) is 11.5 Å². The molecule has 0 radical (unpaired) electrons. The molecule has 2 aromatic rings. The number of ether oxygens (including phenoxy) is 3. The third-order valence-corrected chi connectivity index (χ3v) is 6.22. The van der Waals surface area contributed by atoms with Gasteiger partial charge in [-0.2, -0.15) is 0 Å². The molecule has 150 valence electrons. The first kappa shape index (κ1) is 20.4. The molecular weight excluding hydrogens is 406 g/mol. The van der Waals surface area contributed by atoms with Gasteiger partial charge >= 0.3 is 5.97 Å². The molecule has 0 bridgehead atoms. The molecule has 1 heterocycles. The molecule has 0 N–H and O–H groups in total. The summed E-state index contributed by atoms with van der Waals surface area (Å²) in [6.45, 7) is 0.185. The highest BCUT2D eigenvalue weighted by Gasteiger charge is 2.30. The van der Waals surface area contributed by atoms with E-state index >= 15 is 0 Å². The summed E-state index contributed by atoms with van der Waals surface area (Å²) < 4.78 is 41.4. The largest absolute Gasteiger partial charge is 0.490 e. The minimum absolute atomic E-state index is 0.0491. The highest BCUT2D eigenvalue weighted by molar-refractivity contribution is 7.89. The van der Waals surface area contributed by atoms with Crippen LogP contribution in [-0.2, 0) is 26.0 Å². The van der Waals surface area contributed by atoms with Crippen LogP contribution >= 0.6 is 11.6 Å². The Morgan fingerprint density at radius 3 is 2.57 bits per heavy atom. The van der Waals surface area contributed by atoms with Crippen molar-refractivity contribution >= 4 is 27.6 Å². The van der Waals surface area contributed by atoms with E-state index in [0.717, 1.165) is 9.87 Å². The van der Waals surface area contributed by atoms with Gasteiger partial charge in [0.1, 0.15) is 24.7 Å². The number of nitrogens with zero attached hydrogens (tertiary/aromatic N) is 1. The second-order valence-corrected chi connectivity index (χ2v) is 8.93. The van der Waals surface area contributed by atoms with E-state index in [9.17, 15) is 13.2 Å². The average Bonchev–Trinajstić information content (AvgIpc) is 3.08. The molecule has 1 atom stereocenters. The van der Waals surface area contributed by atoms with E-state index in [1.54, 1.807) is 30.3 Å². The van der Waals surface area contributed by atoms with Gasteiger partial charge in [-0.15, -0.1) is 0 Å². The summed E-state index contributed by atoms with van der Waals surface area (Å²) in [6, 6.07) is 11.2. The summed E-state index contributed by atoms with van der Waals surface area (Å²) in [5.74, 6) is 0.645. The summed E-state index contributed by atoms with van der Waals surface area (Å²) in [4.78, 5) is 12.3. The molecule has 0 fully saturated rings. The Morgan fingerprint density at radius 1 is 1.18 bits per heavy atom. The van der Waals surface area contributed by atoms with E-state index in [1.165, 1.54) is 26.2 Å². The van der Waals surface area contributed by atoms with Crippen LogP contribution in [0.25, 0.3) is 0 Å². The maximum absolute atomic E-state index is 12.1. The van der Waals surface area contributed by atoms with Crippen molar-refractivity contribution < 1.29 is 27.4 Å². The smallest absolute Gasteiger partial charge is 0.347 e. The molecule has 0 aliphatic carbocycles. The van der Waals surface area contributed by atoms with Gasteiger partial charge in [0.2, 0.25) is 10.0 Å². The molecule has 7 nitrogen and oxygen atoms in total. The lowest BCUT2D eigenvalue weighted by Crippen LogP contribution is -2.28. The van der Waals surface area contributed by atoms with E-state index in [1.807, 2.05) is 0 Å². The number of sulfonamides is 1. The molecule has 1 unspecified atom stereocenters. The van der Waals surface area contributed by atoms with Gasteiger partial charge in [0.25, 0.3) is 0 Å². The van der Waals surface area contributed by atoms with Gasteiger partial charge in [-0.05, 0) is 48.0 Å². The monoisotopic (exact) mass is 425 g/mol. The number of fused-ring (bicyclic) bond motifs is 1. The maximum atomic E-state index is 12.1. The summed E-state index contributed by atoms with van der Waals surface area (Å²) in [5.41, 5.74) is 0.874. The van der Waals surface area contributed by atoms with Crippen LogP contribution in [0.1, 0.15) is 5.56 Å². The number of carbonyl (C=O) groups excluding carboxylic acids is 1. The van der Waals surface area contributed by atoms with Gasteiger partial charge in [-0.25, -0.2) is 17.5 Å². The second-order valence-electron chi connectivity index (χ2n) is 6.34. The Hall–Kier alpha value is -2.29. The fraction of sp³-hybridized carbons (Fsp3) is 0.316. The predicted molar refractivity (Wildman–Crippen MR) is 103 cm³/mol. The zero-order valence-electron chi connectivity index (χ0n) is 15.4. The van der Waals surface area contributed by atoms with E-state index < -0.39 is 22.1 Å². The van der Waals surface area contributed by atoms with Crippen molar-refractivity contribution in [1.82, 2.24) is 4.31 Å². The summed E-state index contributed by atoms with van der Waals surface area (Å²) >= 11 is 5.94. The Balaban J connectivity index is 1.44. The number of rotatable bonds is 7. The minimum atomic E-state index is -3.48. The van der Waals surface area contributed by atoms with Crippen LogP contribution in [0.2, 0.25) is 5.02 Å². The lowest BCUT2D eigenvalue weighted by Gasteiger charge is -2.13. The van der Waals surface area contributed by atoms with Gasteiger partial charge in [-0.1, -0.05) is 11.6 Å². The third-order valence-electron chi connectivity index (χ3n) is 4.16. The van der Waals surface area contributed by atoms with Crippen LogP contribution in [0.4, 0.5) is 0 Å². The highest BCUT2D eigenvalue weighted by atomic mass is 35.5. The Morgan fingerprint density at radius 2 is 1.89 bits per heavy atom. The summed E-state index contributed by atoms with van der Waals surface area (Å²) in [5, 5.41) is 0.592. The van der Waals surface area contributed by atoms with E-state index in [-0.39, 0.29) is 18.1 Å². The maximum Gasteiger partial charge on any atom is 0.347 e. The number of benzene rings is 2. The van der Waals surface area contributed by atoms with Crippen LogP contribution in [0.3, 0.4) is 0 Å². The molecular formula is C19H20ClNO6S. The van der Waals surface area contributed by atoms with Crippen molar-refractivity contribution in [2.24, 2.45) is 0 Å². The molecule has 0 amide bonds. The molecule has 2 aromatic carbocycles. The summed E-state index contributed by atoms with van der Waals surface area (Å²) in [6.07, 6.45) is -0.277. The lowest BCUT2D eigenvalue weighted by atomic mass is 10.1. The number of esters is 1. The van der Waals surface area contributed by atoms with Gasteiger partial charge in [0, 0.05) is 25.5 Å². The predicted octanol–water partition coefficient (Wildman–Crippen LogP) is 2.52. The first-order valence-corrected chi connectivity index (χ1v) is 10.4. The fourth-order valence-corrected chi connectivity index (χ4v) is 3.76. The molecule has 0 saturated heterocycles. The molecule has 28 heavy (non-hydrogen) atoms. The fourth-order valence-electron chi connectivity index (χ4n) is 2.66. The third kappa shape index (κ3) is 4.57. The minimum Gasteiger partial charge on any atom is -0.490 e. The van der Waals surface area contributed by atoms with Crippen LogP contribution in [0.15, 0.2) is 47.4 Å². The lowest BCUT2D eigenvalue weighted by molar-refractivity contribution is -0.151. The van der Waals surface area contributed by atoms with E-state index in [2.05, 4.69) is 0 Å². The van der Waals surface area contributed by atoms with Gasteiger partial charge in [0.15, 0.2) is 6.10 Å². The molecule has 0 saturated carbocycles. The van der Waals surface area contributed by atoms with Crippen molar-refractivity contribution in [2.75, 3.05) is 27.3 Å². The molecule has 9 heteroatoms. The molecule has 1 aliphatic rings. The van der Waals surface area contributed by atoms with Gasteiger partial charge in [-0.3, -0.25) is 0 Å². The molecule has 1 aliphatic heterocycles. The zero-order valence-corrected chi connectivity index (χ0v) is 17.0. The second kappa shape index (κ2) is 8.38. The van der Waals surface area contributed by atoms with Crippen LogP contribution in [0.5, 0.6) is 11.5 Å². The summed E-state index contributed by atoms with van der Waals surface area (Å²) in [7, 11) is -0.544. The Kier molecular flexibility index (Phi) is 6.12. The van der Waals surface area contributed by atoms with Crippen molar-refractivity contribution in [3.05, 3.63) is 53.1 Å². The highest BCUT2D eigenvalue weighted by Crippen LogP contribution is 2.31. The normalized spacial score (nSPS) is 15.8. The van der Waals surface area contributed by atoms with Crippen LogP contribution < -0.4 is 9.47 Å². The van der Waals surface area contributed by atoms with Crippen molar-refractivity contribution in [2.45, 2.75) is 17.4 Å². The van der Waals surface area contributed by atoms with Crippen molar-refractivity contribution in [3.63, 3.8) is 0 Å². The van der Waals surface area contributed by atoms with Crippen LogP contribution in [0, 0.1) is 0 Å². The van der Waals surface area contributed by atoms with E-state index in [4.69, 9.17) is 25.8 Å². The van der Waals surface area contributed by atoms with Crippen LogP contribution in [-0.4, -0.2) is 52.1 Å². The van der Waals surface area contributed by atoms with E-state index in [0.29, 0.717) is 22.9 Å². The SMILES string of the molecule is CN(C)S(=O)(=O)c1ccc(OCCOC(=O)C2Cc3cc(Cl)ccc3O2)cc1. The average molecular weight is 426 g/mol. The number of hydrogen-bond donors (Lipinski definition) is 0.